The van der Waals surface area contributed by atoms with Crippen molar-refractivity contribution in [1.82, 2.24) is 4.98 Å². The van der Waals surface area contributed by atoms with E-state index < -0.39 is 0 Å². The fourth-order valence-corrected chi connectivity index (χ4v) is 4.64. The summed E-state index contributed by atoms with van der Waals surface area (Å²) in [7, 11) is 0. The normalized spacial score (nSPS) is 20.6. The number of hydrogen-bond donors (Lipinski definition) is 1. The quantitative estimate of drug-likeness (QED) is 0.750. The Bertz CT molecular complexity index is 812. The van der Waals surface area contributed by atoms with Crippen LogP contribution in [0.3, 0.4) is 0 Å². The summed E-state index contributed by atoms with van der Waals surface area (Å²) in [5, 5.41) is 7.46. The van der Waals surface area contributed by atoms with Crippen LogP contribution in [-0.2, 0) is 4.79 Å². The van der Waals surface area contributed by atoms with Gasteiger partial charge in [-0.25, -0.2) is 0 Å². The van der Waals surface area contributed by atoms with Crippen LogP contribution in [0.4, 0.5) is 5.00 Å². The highest BCUT2D eigenvalue weighted by Gasteiger charge is 2.44. The molecule has 1 N–H and O–H groups in total. The van der Waals surface area contributed by atoms with E-state index in [1.54, 1.807) is 23.7 Å². The minimum Gasteiger partial charge on any atom is -0.317 e. The van der Waals surface area contributed by atoms with Crippen molar-refractivity contribution in [1.29, 1.82) is 0 Å². The average molecular weight is 335 g/mol. The number of halogens is 1. The maximum Gasteiger partial charge on any atom is 0.228 e. The van der Waals surface area contributed by atoms with Crippen molar-refractivity contribution < 1.29 is 4.79 Å². The molecule has 3 heterocycles. The fourth-order valence-electron chi connectivity index (χ4n) is 2.50. The second-order valence-electron chi connectivity index (χ2n) is 5.10. The summed E-state index contributed by atoms with van der Waals surface area (Å²) >= 11 is 9.34. The van der Waals surface area contributed by atoms with E-state index in [-0.39, 0.29) is 11.8 Å². The zero-order chi connectivity index (χ0) is 14.4. The van der Waals surface area contributed by atoms with Crippen LogP contribution in [0, 0.1) is 5.92 Å². The van der Waals surface area contributed by atoms with Crippen LogP contribution in [-0.4, -0.2) is 10.9 Å². The minimum atomic E-state index is 0.0995. The Morgan fingerprint density at radius 2 is 2.33 bits per heavy atom. The van der Waals surface area contributed by atoms with Gasteiger partial charge in [0.1, 0.15) is 0 Å². The summed E-state index contributed by atoms with van der Waals surface area (Å²) in [5.41, 5.74) is 0. The van der Waals surface area contributed by atoms with Crippen molar-refractivity contribution in [2.45, 2.75) is 12.3 Å². The summed E-state index contributed by atoms with van der Waals surface area (Å²) in [6.07, 6.45) is 4.34. The van der Waals surface area contributed by atoms with Gasteiger partial charge in [0.15, 0.2) is 0 Å². The van der Waals surface area contributed by atoms with E-state index >= 15 is 0 Å². The molecular formula is C15H11ClN2OS2. The monoisotopic (exact) mass is 334 g/mol. The van der Waals surface area contributed by atoms with Gasteiger partial charge >= 0.3 is 0 Å². The molecule has 0 spiro atoms. The van der Waals surface area contributed by atoms with E-state index in [4.69, 9.17) is 11.6 Å². The van der Waals surface area contributed by atoms with E-state index in [1.807, 2.05) is 12.1 Å². The minimum absolute atomic E-state index is 0.0995. The molecule has 2 atom stereocenters. The topological polar surface area (TPSA) is 42.0 Å². The number of amides is 1. The largest absolute Gasteiger partial charge is 0.317 e. The molecule has 1 amide bonds. The first-order valence-corrected chi connectivity index (χ1v) is 8.67. The highest BCUT2D eigenvalue weighted by molar-refractivity contribution is 7.23. The van der Waals surface area contributed by atoms with Gasteiger partial charge in [0, 0.05) is 34.5 Å². The lowest BCUT2D eigenvalue weighted by atomic mass is 10.2. The van der Waals surface area contributed by atoms with Gasteiger partial charge in [0.25, 0.3) is 0 Å². The summed E-state index contributed by atoms with van der Waals surface area (Å²) in [6, 6.07) is 6.06. The SMILES string of the molecule is O=C(Nc1cc2c(Cl)cncc2s1)[C@@H]1C[C@H]1c1cccs1. The van der Waals surface area contributed by atoms with E-state index in [9.17, 15) is 4.79 Å². The maximum absolute atomic E-state index is 12.3. The third-order valence-corrected chi connectivity index (χ3v) is 5.97. The number of nitrogens with one attached hydrogen (secondary N) is 1. The van der Waals surface area contributed by atoms with Crippen molar-refractivity contribution in [2.24, 2.45) is 5.92 Å². The lowest BCUT2D eigenvalue weighted by molar-refractivity contribution is -0.117. The Hall–Kier alpha value is -1.43. The summed E-state index contributed by atoms with van der Waals surface area (Å²) in [4.78, 5) is 17.7. The molecule has 106 valence electrons. The van der Waals surface area contributed by atoms with Gasteiger partial charge in [0.05, 0.1) is 14.7 Å². The predicted octanol–water partition coefficient (Wildman–Crippen LogP) is 4.75. The Morgan fingerprint density at radius 3 is 3.10 bits per heavy atom. The third kappa shape index (κ3) is 2.46. The molecule has 4 rings (SSSR count). The van der Waals surface area contributed by atoms with E-state index in [1.165, 1.54) is 16.2 Å². The molecule has 21 heavy (non-hydrogen) atoms. The summed E-state index contributed by atoms with van der Waals surface area (Å²) in [5.74, 6) is 0.594. The molecule has 3 aromatic rings. The Labute approximate surface area is 134 Å². The van der Waals surface area contributed by atoms with Gasteiger partial charge in [0.2, 0.25) is 5.91 Å². The van der Waals surface area contributed by atoms with Crippen LogP contribution < -0.4 is 5.32 Å². The number of fused-ring (bicyclic) bond motifs is 1. The molecule has 6 heteroatoms. The molecule has 3 nitrogen and oxygen atoms in total. The van der Waals surface area contributed by atoms with Crippen LogP contribution >= 0.6 is 34.3 Å². The van der Waals surface area contributed by atoms with Crippen LogP contribution in [0.5, 0.6) is 0 Å². The highest BCUT2D eigenvalue weighted by atomic mass is 35.5. The van der Waals surface area contributed by atoms with Gasteiger partial charge in [-0.1, -0.05) is 17.7 Å². The number of anilines is 1. The number of rotatable bonds is 3. The summed E-state index contributed by atoms with van der Waals surface area (Å²) in [6.45, 7) is 0. The fraction of sp³-hybridized carbons (Fsp3) is 0.200. The van der Waals surface area contributed by atoms with Crippen molar-refractivity contribution in [3.63, 3.8) is 0 Å². The number of pyridine rings is 1. The molecule has 0 unspecified atom stereocenters. The van der Waals surface area contributed by atoms with Gasteiger partial charge in [-0.3, -0.25) is 9.78 Å². The number of hydrogen-bond acceptors (Lipinski definition) is 4. The number of nitrogens with zero attached hydrogens (tertiary/aromatic N) is 1. The van der Waals surface area contributed by atoms with Crippen molar-refractivity contribution in [2.75, 3.05) is 5.32 Å². The van der Waals surface area contributed by atoms with Gasteiger partial charge in [-0.15, -0.1) is 22.7 Å². The molecular weight excluding hydrogens is 324 g/mol. The number of carbonyl (C=O) groups is 1. The van der Waals surface area contributed by atoms with Crippen LogP contribution in [0.2, 0.25) is 5.02 Å². The molecule has 1 fully saturated rings. The lowest BCUT2D eigenvalue weighted by Crippen LogP contribution is -2.13. The maximum atomic E-state index is 12.3. The highest BCUT2D eigenvalue weighted by Crippen LogP contribution is 2.49. The first kappa shape index (κ1) is 13.2. The first-order chi connectivity index (χ1) is 10.2. The molecule has 0 saturated heterocycles. The van der Waals surface area contributed by atoms with E-state index in [0.717, 1.165) is 21.5 Å². The summed E-state index contributed by atoms with van der Waals surface area (Å²) < 4.78 is 0.989. The Balaban J connectivity index is 1.50. The zero-order valence-corrected chi connectivity index (χ0v) is 13.3. The molecule has 1 aliphatic carbocycles. The molecule has 0 aliphatic heterocycles. The van der Waals surface area contributed by atoms with Gasteiger partial charge < -0.3 is 5.32 Å². The second-order valence-corrected chi connectivity index (χ2v) is 7.57. The standard InChI is InChI=1S/C15H11ClN2OS2/c16-11-6-17-7-13-10(11)5-14(21-13)18-15(19)9-4-8(9)12-2-1-3-20-12/h1-3,5-9H,4H2,(H,18,19)/t8-,9-/m1/s1. The van der Waals surface area contributed by atoms with Crippen molar-refractivity contribution >= 4 is 55.3 Å². The molecule has 1 saturated carbocycles. The zero-order valence-electron chi connectivity index (χ0n) is 10.9. The van der Waals surface area contributed by atoms with E-state index in [2.05, 4.69) is 21.7 Å². The molecule has 0 radical (unpaired) electrons. The molecule has 0 aromatic carbocycles. The average Bonchev–Trinajstić information content (AvgIpc) is 2.90. The van der Waals surface area contributed by atoms with Crippen molar-refractivity contribution in [3.05, 3.63) is 45.9 Å². The lowest BCUT2D eigenvalue weighted by Gasteiger charge is -2.00. The Morgan fingerprint density at radius 1 is 1.43 bits per heavy atom. The van der Waals surface area contributed by atoms with Crippen LogP contribution in [0.25, 0.3) is 10.1 Å². The number of thiophene rings is 2. The second kappa shape index (κ2) is 5.09. The first-order valence-electron chi connectivity index (χ1n) is 6.59. The van der Waals surface area contributed by atoms with Crippen LogP contribution in [0.15, 0.2) is 36.0 Å². The van der Waals surface area contributed by atoms with Gasteiger partial charge in [-0.2, -0.15) is 0 Å². The molecule has 3 aromatic heterocycles. The van der Waals surface area contributed by atoms with E-state index in [0.29, 0.717) is 10.9 Å². The molecule has 0 bridgehead atoms. The van der Waals surface area contributed by atoms with Crippen LogP contribution in [0.1, 0.15) is 17.2 Å². The predicted molar refractivity (Wildman–Crippen MR) is 88.4 cm³/mol. The number of carbonyl (C=O) groups excluding carboxylic acids is 1. The Kier molecular flexibility index (Phi) is 3.21. The van der Waals surface area contributed by atoms with Crippen molar-refractivity contribution in [3.8, 4) is 0 Å². The molecule has 1 aliphatic rings. The number of aromatic nitrogens is 1. The third-order valence-electron chi connectivity index (χ3n) is 3.68. The smallest absolute Gasteiger partial charge is 0.228 e. The van der Waals surface area contributed by atoms with Gasteiger partial charge in [-0.05, 0) is 23.9 Å².